The molecule has 0 bridgehead atoms. The molecule has 1 aliphatic heterocycles. The van der Waals surface area contributed by atoms with Gasteiger partial charge in [0.15, 0.2) is 0 Å². The van der Waals surface area contributed by atoms with E-state index in [9.17, 15) is 13.2 Å². The van der Waals surface area contributed by atoms with Crippen molar-refractivity contribution >= 4 is 38.4 Å². The van der Waals surface area contributed by atoms with Gasteiger partial charge in [0.1, 0.15) is 6.04 Å². The van der Waals surface area contributed by atoms with E-state index in [1.54, 1.807) is 10.7 Å². The van der Waals surface area contributed by atoms with Gasteiger partial charge in [0.05, 0.1) is 29.0 Å². The first-order chi connectivity index (χ1) is 11.3. The monoisotopic (exact) mass is 370 g/mol. The second-order valence-corrected chi connectivity index (χ2v) is 8.30. The van der Waals surface area contributed by atoms with E-state index >= 15 is 0 Å². The zero-order valence-electron chi connectivity index (χ0n) is 13.5. The molecular weight excluding hydrogens is 352 g/mol. The van der Waals surface area contributed by atoms with Crippen LogP contribution in [0.2, 0.25) is 5.02 Å². The van der Waals surface area contributed by atoms with E-state index in [0.717, 1.165) is 17.2 Å². The van der Waals surface area contributed by atoms with Crippen LogP contribution >= 0.6 is 11.6 Å². The molecule has 0 saturated carbocycles. The van der Waals surface area contributed by atoms with Crippen LogP contribution in [0.25, 0.3) is 10.9 Å². The van der Waals surface area contributed by atoms with Crippen LogP contribution in [0.1, 0.15) is 18.5 Å². The number of halogens is 1. The highest BCUT2D eigenvalue weighted by molar-refractivity contribution is 7.88. The SMILES string of the molecule is Cn1nc(CNC(=O)[C@@H]2CCCN2S(C)(=O)=O)c2c(Cl)cccc21. The summed E-state index contributed by atoms with van der Waals surface area (Å²) in [7, 11) is -1.57. The fourth-order valence-electron chi connectivity index (χ4n) is 3.16. The Balaban J connectivity index is 1.78. The molecule has 130 valence electrons. The van der Waals surface area contributed by atoms with Crippen LogP contribution in [-0.2, 0) is 28.4 Å². The smallest absolute Gasteiger partial charge is 0.238 e. The molecule has 3 rings (SSSR count). The highest BCUT2D eigenvalue weighted by Gasteiger charge is 2.36. The maximum absolute atomic E-state index is 12.4. The van der Waals surface area contributed by atoms with E-state index < -0.39 is 16.1 Å². The molecule has 9 heteroatoms. The number of fused-ring (bicyclic) bond motifs is 1. The summed E-state index contributed by atoms with van der Waals surface area (Å²) in [5.74, 6) is -0.302. The zero-order chi connectivity index (χ0) is 17.5. The number of hydrogen-bond donors (Lipinski definition) is 1. The van der Waals surface area contributed by atoms with Crippen LogP contribution in [0, 0.1) is 0 Å². The molecule has 0 spiro atoms. The second kappa shape index (κ2) is 6.34. The standard InChI is InChI=1S/C15H19ClN4O3S/c1-19-12-6-3-5-10(16)14(12)11(18-19)9-17-15(21)13-7-4-8-20(13)24(2,22)23/h3,5-6,13H,4,7-9H2,1-2H3,(H,17,21)/t13-/m0/s1. The van der Waals surface area contributed by atoms with Crippen molar-refractivity contribution in [1.29, 1.82) is 0 Å². The summed E-state index contributed by atoms with van der Waals surface area (Å²) in [6, 6.07) is 4.88. The minimum Gasteiger partial charge on any atom is -0.349 e. The molecule has 1 amide bonds. The molecule has 2 heterocycles. The Bertz CT molecular complexity index is 894. The van der Waals surface area contributed by atoms with Crippen LogP contribution in [0.4, 0.5) is 0 Å². The maximum atomic E-state index is 12.4. The summed E-state index contributed by atoms with van der Waals surface area (Å²) < 4.78 is 26.5. The predicted octanol–water partition coefficient (Wildman–Crippen LogP) is 1.27. The molecule has 1 saturated heterocycles. The molecule has 0 aliphatic carbocycles. The van der Waals surface area contributed by atoms with Crippen molar-refractivity contribution in [1.82, 2.24) is 19.4 Å². The third-order valence-electron chi connectivity index (χ3n) is 4.26. The first-order valence-corrected chi connectivity index (χ1v) is 9.86. The summed E-state index contributed by atoms with van der Waals surface area (Å²) in [6.07, 6.45) is 2.34. The normalized spacial score (nSPS) is 19.0. The maximum Gasteiger partial charge on any atom is 0.238 e. The number of carbonyl (C=O) groups is 1. The highest BCUT2D eigenvalue weighted by Crippen LogP contribution is 2.26. The van der Waals surface area contributed by atoms with Crippen molar-refractivity contribution in [2.75, 3.05) is 12.8 Å². The number of hydrogen-bond acceptors (Lipinski definition) is 4. The number of sulfonamides is 1. The summed E-state index contributed by atoms with van der Waals surface area (Å²) in [6.45, 7) is 0.587. The number of rotatable bonds is 4. The molecule has 0 unspecified atom stereocenters. The van der Waals surface area contributed by atoms with Gasteiger partial charge in [-0.2, -0.15) is 9.40 Å². The third-order valence-corrected chi connectivity index (χ3v) is 5.87. The van der Waals surface area contributed by atoms with Gasteiger partial charge >= 0.3 is 0 Å². The van der Waals surface area contributed by atoms with Gasteiger partial charge in [0.25, 0.3) is 0 Å². The van der Waals surface area contributed by atoms with Gasteiger partial charge < -0.3 is 5.32 Å². The van der Waals surface area contributed by atoms with Gasteiger partial charge in [-0.1, -0.05) is 17.7 Å². The number of aryl methyl sites for hydroxylation is 1. The number of nitrogens with zero attached hydrogens (tertiary/aromatic N) is 3. The van der Waals surface area contributed by atoms with Gasteiger partial charge in [-0.3, -0.25) is 9.48 Å². The van der Waals surface area contributed by atoms with Crippen molar-refractivity contribution < 1.29 is 13.2 Å². The van der Waals surface area contributed by atoms with E-state index in [2.05, 4.69) is 10.4 Å². The average molecular weight is 371 g/mol. The molecule has 7 nitrogen and oxygen atoms in total. The van der Waals surface area contributed by atoms with Gasteiger partial charge in [0, 0.05) is 19.0 Å². The first-order valence-electron chi connectivity index (χ1n) is 7.63. The molecule has 1 atom stereocenters. The largest absolute Gasteiger partial charge is 0.349 e. The van der Waals surface area contributed by atoms with Crippen LogP contribution in [0.15, 0.2) is 18.2 Å². The van der Waals surface area contributed by atoms with Gasteiger partial charge in [-0.15, -0.1) is 0 Å². The summed E-state index contributed by atoms with van der Waals surface area (Å²) >= 11 is 6.25. The summed E-state index contributed by atoms with van der Waals surface area (Å²) in [5.41, 5.74) is 1.54. The number of carbonyl (C=O) groups excluding carboxylic acids is 1. The molecule has 1 aromatic carbocycles. The Hall–Kier alpha value is -1.64. The van der Waals surface area contributed by atoms with Crippen LogP contribution in [0.3, 0.4) is 0 Å². The first kappa shape index (κ1) is 17.2. The number of amides is 1. The van der Waals surface area contributed by atoms with Crippen LogP contribution in [-0.4, -0.2) is 47.3 Å². The van der Waals surface area contributed by atoms with Gasteiger partial charge in [-0.25, -0.2) is 8.42 Å². The molecule has 1 N–H and O–H groups in total. The lowest BCUT2D eigenvalue weighted by Crippen LogP contribution is -2.45. The molecule has 2 aromatic rings. The molecule has 24 heavy (non-hydrogen) atoms. The van der Waals surface area contributed by atoms with Crippen LogP contribution < -0.4 is 5.32 Å². The van der Waals surface area contributed by atoms with E-state index in [4.69, 9.17) is 11.6 Å². The Labute approximate surface area is 145 Å². The topological polar surface area (TPSA) is 84.3 Å². The quantitative estimate of drug-likeness (QED) is 0.878. The van der Waals surface area contributed by atoms with E-state index in [0.29, 0.717) is 30.1 Å². The van der Waals surface area contributed by atoms with Crippen molar-refractivity contribution in [3.05, 3.63) is 28.9 Å². The van der Waals surface area contributed by atoms with E-state index in [1.165, 1.54) is 4.31 Å². The van der Waals surface area contributed by atoms with Crippen LogP contribution in [0.5, 0.6) is 0 Å². The van der Waals surface area contributed by atoms with Crippen molar-refractivity contribution in [2.24, 2.45) is 7.05 Å². The Kier molecular flexibility index (Phi) is 4.54. The number of nitrogens with one attached hydrogen (secondary N) is 1. The lowest BCUT2D eigenvalue weighted by atomic mass is 10.2. The summed E-state index contributed by atoms with van der Waals surface area (Å²) in [4.78, 5) is 12.4. The molecule has 1 aromatic heterocycles. The van der Waals surface area contributed by atoms with Crippen molar-refractivity contribution in [2.45, 2.75) is 25.4 Å². The molecule has 1 aliphatic rings. The molecule has 0 radical (unpaired) electrons. The van der Waals surface area contributed by atoms with Gasteiger partial charge in [-0.05, 0) is 25.0 Å². The molecule has 1 fully saturated rings. The van der Waals surface area contributed by atoms with Crippen molar-refractivity contribution in [3.63, 3.8) is 0 Å². The Morgan fingerprint density at radius 3 is 2.92 bits per heavy atom. The average Bonchev–Trinajstić information content (AvgIpc) is 3.11. The minimum absolute atomic E-state index is 0.202. The Morgan fingerprint density at radius 2 is 2.21 bits per heavy atom. The molecular formula is C15H19ClN4O3S. The van der Waals surface area contributed by atoms with E-state index in [1.807, 2.05) is 19.2 Å². The Morgan fingerprint density at radius 1 is 1.46 bits per heavy atom. The minimum atomic E-state index is -3.39. The predicted molar refractivity (Wildman–Crippen MR) is 92.1 cm³/mol. The second-order valence-electron chi connectivity index (χ2n) is 5.95. The lowest BCUT2D eigenvalue weighted by molar-refractivity contribution is -0.124. The number of aromatic nitrogens is 2. The zero-order valence-corrected chi connectivity index (χ0v) is 15.1. The summed E-state index contributed by atoms with van der Waals surface area (Å²) in [5, 5.41) is 8.57. The fourth-order valence-corrected chi connectivity index (χ4v) is 4.57. The number of benzene rings is 1. The third kappa shape index (κ3) is 3.13. The highest BCUT2D eigenvalue weighted by atomic mass is 35.5. The van der Waals surface area contributed by atoms with E-state index in [-0.39, 0.29) is 12.5 Å². The lowest BCUT2D eigenvalue weighted by Gasteiger charge is -2.21. The van der Waals surface area contributed by atoms with Gasteiger partial charge in [0.2, 0.25) is 15.9 Å². The fraction of sp³-hybridized carbons (Fsp3) is 0.467. The van der Waals surface area contributed by atoms with Crippen molar-refractivity contribution in [3.8, 4) is 0 Å².